The number of phosphoric acid groups is 1. The summed E-state index contributed by atoms with van der Waals surface area (Å²) < 4.78 is 21.2. The second-order valence-electron chi connectivity index (χ2n) is 7.04. The van der Waals surface area contributed by atoms with E-state index in [4.69, 9.17) is 4.74 Å². The predicted octanol–water partition coefficient (Wildman–Crippen LogP) is -6.58. The molecule has 3 aromatic rings. The molecule has 1 aliphatic rings. The summed E-state index contributed by atoms with van der Waals surface area (Å²) in [6.45, 7) is 0. The van der Waals surface area contributed by atoms with Gasteiger partial charge in [-0.2, -0.15) is 5.10 Å². The Morgan fingerprint density at radius 3 is 2.60 bits per heavy atom. The van der Waals surface area contributed by atoms with E-state index in [0.717, 1.165) is 5.56 Å². The Morgan fingerprint density at radius 1 is 1.20 bits per heavy atom. The Morgan fingerprint density at radius 2 is 1.91 bits per heavy atom. The van der Waals surface area contributed by atoms with E-state index in [1.165, 1.54) is 29.0 Å². The van der Waals surface area contributed by atoms with Crippen molar-refractivity contribution < 1.29 is 98.0 Å². The van der Waals surface area contributed by atoms with Crippen LogP contribution in [-0.4, -0.2) is 65.4 Å². The maximum atomic E-state index is 10.7. The summed E-state index contributed by atoms with van der Waals surface area (Å²) in [4.78, 5) is 29.9. The first-order valence-electron chi connectivity index (χ1n) is 9.67. The first kappa shape index (κ1) is 31.0. The van der Waals surface area contributed by atoms with E-state index in [-0.39, 0.29) is 64.8 Å². The smallest absolute Gasteiger partial charge is 0.790 e. The fourth-order valence-electron chi connectivity index (χ4n) is 3.33. The molecule has 3 N–H and O–H groups in total. The monoisotopic (exact) mass is 540 g/mol. The van der Waals surface area contributed by atoms with E-state index in [1.54, 1.807) is 0 Å². The number of phosphoric ester groups is 1. The number of thioether (sulfide) groups is 1. The second-order valence-corrected chi connectivity index (χ2v) is 9.16. The zero-order valence-electron chi connectivity index (χ0n) is 18.8. The van der Waals surface area contributed by atoms with Gasteiger partial charge in [0.1, 0.15) is 29.7 Å². The first-order chi connectivity index (χ1) is 15.7. The number of rotatable bonds is 8. The van der Waals surface area contributed by atoms with Crippen molar-refractivity contribution >= 4 is 36.7 Å². The van der Waals surface area contributed by atoms with Crippen LogP contribution in [0.4, 0.5) is 0 Å². The van der Waals surface area contributed by atoms with Crippen molar-refractivity contribution in [3.8, 4) is 0 Å². The van der Waals surface area contributed by atoms with Gasteiger partial charge in [0, 0.05) is 5.75 Å². The molecule has 0 aliphatic carbocycles. The van der Waals surface area contributed by atoms with Gasteiger partial charge in [-0.05, 0) is 5.56 Å². The Labute approximate surface area is 248 Å². The summed E-state index contributed by atoms with van der Waals surface area (Å²) in [5, 5.41) is 35.7. The molecule has 1 unspecified atom stereocenters. The predicted molar refractivity (Wildman–Crippen MR) is 112 cm³/mol. The van der Waals surface area contributed by atoms with Crippen molar-refractivity contribution in [3.05, 3.63) is 54.5 Å². The number of aliphatic hydroxyl groups excluding tert-OH is 3. The van der Waals surface area contributed by atoms with E-state index in [1.807, 2.05) is 42.5 Å². The van der Waals surface area contributed by atoms with Crippen LogP contribution in [0.3, 0.4) is 0 Å². The fraction of sp³-hybridized carbons (Fsp3) is 0.316. The van der Waals surface area contributed by atoms with Crippen molar-refractivity contribution in [2.24, 2.45) is 0 Å². The third-order valence-electron chi connectivity index (χ3n) is 4.82. The van der Waals surface area contributed by atoms with Crippen LogP contribution in [0.1, 0.15) is 11.8 Å². The summed E-state index contributed by atoms with van der Waals surface area (Å²) >= 11 is 1.43. The molecule has 16 heteroatoms. The van der Waals surface area contributed by atoms with Gasteiger partial charge in [-0.25, -0.2) is 14.6 Å². The molecular weight excluding hydrogens is 521 g/mol. The Hall–Kier alpha value is -0.190. The number of ether oxygens (including phenoxy) is 1. The summed E-state index contributed by atoms with van der Waals surface area (Å²) in [7, 11) is -5.55. The van der Waals surface area contributed by atoms with Crippen LogP contribution >= 0.6 is 19.6 Å². The van der Waals surface area contributed by atoms with E-state index in [9.17, 15) is 29.7 Å². The van der Waals surface area contributed by atoms with Gasteiger partial charge < -0.3 is 38.9 Å². The van der Waals surface area contributed by atoms with E-state index in [0.29, 0.717) is 16.2 Å². The molecule has 35 heavy (non-hydrogen) atoms. The van der Waals surface area contributed by atoms with Crippen molar-refractivity contribution in [2.45, 2.75) is 35.9 Å². The summed E-state index contributed by atoms with van der Waals surface area (Å²) in [5.41, 5.74) is 1.35. The number of nitrogens with zero attached hydrogens (tertiary/aromatic N) is 4. The molecule has 0 spiro atoms. The quantitative estimate of drug-likeness (QED) is 0.0808. The zero-order valence-corrected chi connectivity index (χ0v) is 24.5. The molecule has 0 radical (unpaired) electrons. The standard InChI is InChI=1S/C19H21N4O8PS.2Na/c24-13-14(25)18(30-15(13)19(26)31-32(27,28)29)23-16-12(9-22-23)17(21-10-20-16)33-8-4-7-11-5-2-1-3-6-11;;/h1-7,9-10,13-15,18-19,24-26H,8H2,(H2,27,28,29);;/q;2*+1/p-2/t13-,14+,15-,18+,19?;;/m0../s1. The second kappa shape index (κ2) is 13.6. The zero-order chi connectivity index (χ0) is 23.6. The van der Waals surface area contributed by atoms with Gasteiger partial charge in [0.05, 0.1) is 19.4 Å². The van der Waals surface area contributed by atoms with Gasteiger partial charge in [0.25, 0.3) is 0 Å². The largest absolute Gasteiger partial charge is 1.00 e. The maximum Gasteiger partial charge on any atom is 1.00 e. The molecule has 1 saturated heterocycles. The fourth-order valence-corrected chi connectivity index (χ4v) is 4.49. The Balaban J connectivity index is 0.00000216. The minimum atomic E-state index is -5.55. The van der Waals surface area contributed by atoms with Crippen LogP contribution in [0.25, 0.3) is 17.1 Å². The summed E-state index contributed by atoms with van der Waals surface area (Å²) in [6.07, 6.45) is -1.98. The molecule has 4 rings (SSSR count). The third kappa shape index (κ3) is 7.66. The molecule has 3 heterocycles. The molecular formula is C19H19N4Na2O8PS. The SMILES string of the molecule is O=P([O-])([O-])OC(O)[C@H]1O[C@@H](n2ncc3c(SCC=Cc4ccccc4)ncnc32)[C@H](O)[C@@H]1O.[Na+].[Na+]. The van der Waals surface area contributed by atoms with Crippen LogP contribution in [0.15, 0.2) is 54.0 Å². The van der Waals surface area contributed by atoms with E-state index < -0.39 is 38.7 Å². The Kier molecular flexibility index (Phi) is 12.0. The number of hydrogen-bond acceptors (Lipinski definition) is 12. The van der Waals surface area contributed by atoms with E-state index in [2.05, 4.69) is 19.6 Å². The number of aliphatic hydroxyl groups is 3. The normalized spacial score (nSPS) is 23.2. The molecule has 1 fully saturated rings. The molecule has 0 bridgehead atoms. The molecule has 2 aromatic heterocycles. The van der Waals surface area contributed by atoms with Crippen molar-refractivity contribution in [1.82, 2.24) is 19.7 Å². The van der Waals surface area contributed by atoms with Crippen molar-refractivity contribution in [1.29, 1.82) is 0 Å². The van der Waals surface area contributed by atoms with Crippen LogP contribution in [-0.2, 0) is 13.8 Å². The molecule has 5 atom stereocenters. The van der Waals surface area contributed by atoms with Gasteiger partial charge in [-0.15, -0.1) is 11.8 Å². The van der Waals surface area contributed by atoms with Crippen LogP contribution in [0, 0.1) is 0 Å². The average molecular weight is 540 g/mol. The molecule has 0 amide bonds. The average Bonchev–Trinajstić information content (AvgIpc) is 3.32. The number of hydrogen-bond donors (Lipinski definition) is 3. The number of benzene rings is 1. The Bertz CT molecular complexity index is 1180. The van der Waals surface area contributed by atoms with Gasteiger partial charge in [-0.1, -0.05) is 42.5 Å². The van der Waals surface area contributed by atoms with Gasteiger partial charge in [0.2, 0.25) is 0 Å². The van der Waals surface area contributed by atoms with E-state index >= 15 is 0 Å². The summed E-state index contributed by atoms with van der Waals surface area (Å²) in [5.74, 6) is 0.615. The van der Waals surface area contributed by atoms with Gasteiger partial charge >= 0.3 is 59.1 Å². The van der Waals surface area contributed by atoms with Crippen molar-refractivity contribution in [3.63, 3.8) is 0 Å². The number of fused-ring (bicyclic) bond motifs is 1. The molecule has 12 nitrogen and oxygen atoms in total. The van der Waals surface area contributed by atoms with Gasteiger partial charge in [-0.3, -0.25) is 0 Å². The topological polar surface area (TPSA) is 186 Å². The van der Waals surface area contributed by atoms with Crippen LogP contribution < -0.4 is 68.9 Å². The molecule has 1 aromatic carbocycles. The number of aromatic nitrogens is 4. The molecule has 1 aliphatic heterocycles. The first-order valence-corrected chi connectivity index (χ1v) is 12.1. The molecule has 176 valence electrons. The van der Waals surface area contributed by atoms with Crippen molar-refractivity contribution in [2.75, 3.05) is 5.75 Å². The molecule has 0 saturated carbocycles. The minimum Gasteiger partial charge on any atom is -0.790 e. The third-order valence-corrected chi connectivity index (χ3v) is 6.25. The maximum absolute atomic E-state index is 10.7. The van der Waals surface area contributed by atoms with Crippen LogP contribution in [0.5, 0.6) is 0 Å². The minimum absolute atomic E-state index is 0. The van der Waals surface area contributed by atoms with Gasteiger partial charge in [0.15, 0.2) is 18.2 Å². The summed E-state index contributed by atoms with van der Waals surface area (Å²) in [6, 6.07) is 9.80. The van der Waals surface area contributed by atoms with Crippen LogP contribution in [0.2, 0.25) is 0 Å².